The lowest BCUT2D eigenvalue weighted by molar-refractivity contribution is 0.0638. The summed E-state index contributed by atoms with van der Waals surface area (Å²) in [5.41, 5.74) is 4.51. The molecule has 31 heavy (non-hydrogen) atoms. The smallest absolute Gasteiger partial charge is 0.253 e. The second-order valence-electron chi connectivity index (χ2n) is 7.88. The third kappa shape index (κ3) is 5.64. The first-order valence-corrected chi connectivity index (χ1v) is 10.7. The van der Waals surface area contributed by atoms with Crippen LogP contribution in [-0.4, -0.2) is 63.4 Å². The van der Waals surface area contributed by atoms with E-state index in [0.717, 1.165) is 61.9 Å². The Balaban J connectivity index is 1.28. The van der Waals surface area contributed by atoms with Gasteiger partial charge in [-0.1, -0.05) is 6.07 Å². The molecule has 0 bridgehead atoms. The number of rotatable bonds is 6. The van der Waals surface area contributed by atoms with Gasteiger partial charge in [0.25, 0.3) is 5.91 Å². The van der Waals surface area contributed by atoms with Crippen molar-refractivity contribution in [2.45, 2.75) is 20.3 Å². The fourth-order valence-electron chi connectivity index (χ4n) is 3.78. The van der Waals surface area contributed by atoms with Crippen molar-refractivity contribution in [1.82, 2.24) is 24.8 Å². The number of benzene rings is 1. The molecule has 1 N–H and O–H groups in total. The molecule has 1 saturated heterocycles. The molecule has 4 rings (SSSR count). The number of aryl methyl sites for hydroxylation is 2. The van der Waals surface area contributed by atoms with Gasteiger partial charge in [-0.2, -0.15) is 0 Å². The van der Waals surface area contributed by atoms with Crippen LogP contribution in [0.2, 0.25) is 0 Å². The van der Waals surface area contributed by atoms with Gasteiger partial charge < -0.3 is 10.2 Å². The fourth-order valence-corrected chi connectivity index (χ4v) is 3.78. The lowest BCUT2D eigenvalue weighted by atomic mass is 10.1. The van der Waals surface area contributed by atoms with E-state index in [-0.39, 0.29) is 5.91 Å². The highest BCUT2D eigenvalue weighted by molar-refractivity contribution is 5.94. The van der Waals surface area contributed by atoms with Gasteiger partial charge in [0.05, 0.1) is 0 Å². The Kier molecular flexibility index (Phi) is 6.52. The van der Waals surface area contributed by atoms with Gasteiger partial charge in [-0.15, -0.1) is 0 Å². The molecule has 0 saturated carbocycles. The van der Waals surface area contributed by atoms with Crippen LogP contribution in [0.1, 0.15) is 27.4 Å². The molecule has 1 aromatic carbocycles. The predicted octanol–water partition coefficient (Wildman–Crippen LogP) is 3.23. The second-order valence-corrected chi connectivity index (χ2v) is 7.88. The van der Waals surface area contributed by atoms with Gasteiger partial charge in [0.1, 0.15) is 0 Å². The molecule has 0 aliphatic carbocycles. The molecule has 0 unspecified atom stereocenters. The van der Waals surface area contributed by atoms with Crippen molar-refractivity contribution in [3.63, 3.8) is 0 Å². The number of aromatic nitrogens is 3. The molecule has 0 spiro atoms. The van der Waals surface area contributed by atoms with Crippen molar-refractivity contribution in [2.75, 3.05) is 38.0 Å². The van der Waals surface area contributed by atoms with Crippen molar-refractivity contribution >= 4 is 17.5 Å². The zero-order chi connectivity index (χ0) is 21.6. The molecule has 1 aliphatic heterocycles. The number of nitrogens with one attached hydrogen (secondary N) is 1. The molecule has 1 amide bonds. The highest BCUT2D eigenvalue weighted by Gasteiger charge is 2.22. The van der Waals surface area contributed by atoms with Gasteiger partial charge in [-0.3, -0.25) is 14.7 Å². The molecule has 3 heterocycles. The number of nitrogens with zero attached hydrogens (tertiary/aromatic N) is 5. The lowest BCUT2D eigenvalue weighted by Gasteiger charge is -2.34. The van der Waals surface area contributed by atoms with Gasteiger partial charge in [-0.05, 0) is 56.3 Å². The Bertz CT molecular complexity index is 994. The van der Waals surface area contributed by atoms with Crippen LogP contribution in [0.4, 0.5) is 11.6 Å². The summed E-state index contributed by atoms with van der Waals surface area (Å²) in [5, 5.41) is 3.21. The standard InChI is InChI=1S/C24H28N6O/c1-18-17-19(2)27-24(26-18)28-22-8-6-20(7-9-22)23(31)30-15-13-29(14-16-30)12-10-21-5-3-4-11-25-21/h3-9,11,17H,10,12-16H2,1-2H3,(H,26,27,28). The number of hydrogen-bond acceptors (Lipinski definition) is 6. The topological polar surface area (TPSA) is 74.2 Å². The van der Waals surface area contributed by atoms with E-state index in [2.05, 4.69) is 31.2 Å². The molecule has 0 atom stereocenters. The van der Waals surface area contributed by atoms with E-state index in [1.165, 1.54) is 0 Å². The van der Waals surface area contributed by atoms with Crippen molar-refractivity contribution < 1.29 is 4.79 Å². The minimum absolute atomic E-state index is 0.0820. The summed E-state index contributed by atoms with van der Waals surface area (Å²) in [4.78, 5) is 30.4. The largest absolute Gasteiger partial charge is 0.336 e. The minimum Gasteiger partial charge on any atom is -0.336 e. The number of hydrogen-bond donors (Lipinski definition) is 1. The van der Waals surface area contributed by atoms with Crippen molar-refractivity contribution in [2.24, 2.45) is 0 Å². The summed E-state index contributed by atoms with van der Waals surface area (Å²) in [6.45, 7) is 8.14. The second kappa shape index (κ2) is 9.66. The van der Waals surface area contributed by atoms with Crippen LogP contribution in [0.5, 0.6) is 0 Å². The Morgan fingerprint density at radius 2 is 1.68 bits per heavy atom. The predicted molar refractivity (Wildman–Crippen MR) is 122 cm³/mol. The molecule has 1 fully saturated rings. The summed E-state index contributed by atoms with van der Waals surface area (Å²) in [6.07, 6.45) is 2.77. The minimum atomic E-state index is 0.0820. The average Bonchev–Trinajstić information content (AvgIpc) is 2.78. The van der Waals surface area contributed by atoms with E-state index in [9.17, 15) is 4.79 Å². The van der Waals surface area contributed by atoms with Gasteiger partial charge in [0.2, 0.25) is 5.95 Å². The first-order valence-electron chi connectivity index (χ1n) is 10.7. The first-order chi connectivity index (χ1) is 15.1. The summed E-state index contributed by atoms with van der Waals surface area (Å²) in [5.74, 6) is 0.650. The average molecular weight is 417 g/mol. The number of amides is 1. The SMILES string of the molecule is Cc1cc(C)nc(Nc2ccc(C(=O)N3CCN(CCc4ccccn4)CC3)cc2)n1. The van der Waals surface area contributed by atoms with Crippen molar-refractivity contribution in [3.8, 4) is 0 Å². The highest BCUT2D eigenvalue weighted by Crippen LogP contribution is 2.17. The lowest BCUT2D eigenvalue weighted by Crippen LogP contribution is -2.49. The normalized spacial score (nSPS) is 14.5. The van der Waals surface area contributed by atoms with E-state index in [1.807, 2.05) is 67.4 Å². The zero-order valence-corrected chi connectivity index (χ0v) is 18.1. The monoisotopic (exact) mass is 416 g/mol. The quantitative estimate of drug-likeness (QED) is 0.665. The molecule has 2 aromatic heterocycles. The maximum atomic E-state index is 12.9. The summed E-state index contributed by atoms with van der Waals surface area (Å²) in [6, 6.07) is 15.5. The third-order valence-electron chi connectivity index (χ3n) is 5.44. The summed E-state index contributed by atoms with van der Waals surface area (Å²) in [7, 11) is 0. The van der Waals surface area contributed by atoms with Crippen LogP contribution in [-0.2, 0) is 6.42 Å². The van der Waals surface area contributed by atoms with Crippen LogP contribution in [0.3, 0.4) is 0 Å². The molecule has 3 aromatic rings. The van der Waals surface area contributed by atoms with E-state index in [1.54, 1.807) is 0 Å². The third-order valence-corrected chi connectivity index (χ3v) is 5.44. The van der Waals surface area contributed by atoms with Crippen LogP contribution < -0.4 is 5.32 Å². The zero-order valence-electron chi connectivity index (χ0n) is 18.1. The number of pyridine rings is 1. The maximum absolute atomic E-state index is 12.9. The van der Waals surface area contributed by atoms with Gasteiger partial charge in [0.15, 0.2) is 0 Å². The van der Waals surface area contributed by atoms with Gasteiger partial charge >= 0.3 is 0 Å². The van der Waals surface area contributed by atoms with Gasteiger partial charge in [-0.25, -0.2) is 9.97 Å². The van der Waals surface area contributed by atoms with Crippen LogP contribution in [0.15, 0.2) is 54.7 Å². The summed E-state index contributed by atoms with van der Waals surface area (Å²) < 4.78 is 0. The number of piperazine rings is 1. The number of carbonyl (C=O) groups is 1. The van der Waals surface area contributed by atoms with Crippen molar-refractivity contribution in [1.29, 1.82) is 0 Å². The Labute approximate surface area is 183 Å². The van der Waals surface area contributed by atoms with E-state index >= 15 is 0 Å². The Hall–Kier alpha value is -3.32. The molecular formula is C24H28N6O. The van der Waals surface area contributed by atoms with Crippen LogP contribution >= 0.6 is 0 Å². The van der Waals surface area contributed by atoms with Crippen LogP contribution in [0.25, 0.3) is 0 Å². The number of anilines is 2. The summed E-state index contributed by atoms with van der Waals surface area (Å²) >= 11 is 0. The highest BCUT2D eigenvalue weighted by atomic mass is 16.2. The molecule has 7 heteroatoms. The maximum Gasteiger partial charge on any atom is 0.253 e. The van der Waals surface area contributed by atoms with Gasteiger partial charge in [0, 0.05) is 73.7 Å². The van der Waals surface area contributed by atoms with E-state index in [0.29, 0.717) is 11.5 Å². The molecule has 0 radical (unpaired) electrons. The van der Waals surface area contributed by atoms with E-state index < -0.39 is 0 Å². The molecule has 1 aliphatic rings. The molecule has 7 nitrogen and oxygen atoms in total. The number of carbonyl (C=O) groups excluding carboxylic acids is 1. The van der Waals surface area contributed by atoms with E-state index in [4.69, 9.17) is 0 Å². The van der Waals surface area contributed by atoms with Crippen molar-refractivity contribution in [3.05, 3.63) is 77.4 Å². The molecular weight excluding hydrogens is 388 g/mol. The Morgan fingerprint density at radius 3 is 2.32 bits per heavy atom. The Morgan fingerprint density at radius 1 is 0.968 bits per heavy atom. The van der Waals surface area contributed by atoms with Crippen LogP contribution in [0, 0.1) is 13.8 Å². The fraction of sp³-hybridized carbons (Fsp3) is 0.333. The first kappa shape index (κ1) is 20.9. The molecule has 160 valence electrons.